The number of carbonyl (C=O) groups is 2. The number of allylic oxidation sites excluding steroid dienone is 1. The Kier molecular flexibility index (Phi) is 6.71. The van der Waals surface area contributed by atoms with Crippen LogP contribution in [0.15, 0.2) is 24.3 Å². The molecule has 0 amide bonds. The zero-order valence-corrected chi connectivity index (χ0v) is 15.8. The summed E-state index contributed by atoms with van der Waals surface area (Å²) in [6.07, 6.45) is 1.32. The van der Waals surface area contributed by atoms with Crippen LogP contribution in [0.2, 0.25) is 0 Å². The molecule has 0 radical (unpaired) electrons. The molecule has 3 unspecified atom stereocenters. The predicted octanol–water partition coefficient (Wildman–Crippen LogP) is 4.33. The van der Waals surface area contributed by atoms with E-state index in [-0.39, 0.29) is 0 Å². The van der Waals surface area contributed by atoms with E-state index < -0.39 is 52.6 Å². The Labute approximate surface area is 152 Å². The number of alkyl halides is 3. The van der Waals surface area contributed by atoms with Gasteiger partial charge in [-0.15, -0.1) is 0 Å². The van der Waals surface area contributed by atoms with Crippen molar-refractivity contribution in [2.45, 2.75) is 76.0 Å². The van der Waals surface area contributed by atoms with Crippen molar-refractivity contribution in [1.29, 1.82) is 0 Å². The summed E-state index contributed by atoms with van der Waals surface area (Å²) in [6, 6.07) is 0. The first-order valence-electron chi connectivity index (χ1n) is 8.61. The van der Waals surface area contributed by atoms with Crippen molar-refractivity contribution in [1.82, 2.24) is 0 Å². The van der Waals surface area contributed by atoms with Gasteiger partial charge in [0.25, 0.3) is 5.67 Å². The molecule has 0 aliphatic heterocycles. The maximum atomic E-state index is 16.1. The van der Waals surface area contributed by atoms with E-state index in [1.807, 2.05) is 0 Å². The summed E-state index contributed by atoms with van der Waals surface area (Å²) in [6.45, 7) is 9.79. The Morgan fingerprint density at radius 3 is 1.88 bits per heavy atom. The maximum absolute atomic E-state index is 16.1. The van der Waals surface area contributed by atoms with E-state index in [0.29, 0.717) is 12.8 Å². The van der Waals surface area contributed by atoms with Crippen LogP contribution in [0.25, 0.3) is 0 Å². The lowest BCUT2D eigenvalue weighted by Gasteiger charge is -2.45. The van der Waals surface area contributed by atoms with Gasteiger partial charge in [-0.1, -0.05) is 20.1 Å². The molecule has 1 rings (SSSR count). The number of hydrogen-bond acceptors (Lipinski definition) is 4. The highest BCUT2D eigenvalue weighted by molar-refractivity contribution is 5.91. The fourth-order valence-electron chi connectivity index (χ4n) is 3.43. The molecule has 3 atom stereocenters. The Morgan fingerprint density at radius 2 is 1.54 bits per heavy atom. The number of hydrogen-bond donors (Lipinski definition) is 0. The second-order valence-electron chi connectivity index (χ2n) is 6.84. The molecule has 1 aliphatic rings. The number of carbonyl (C=O) groups excluding carboxylic acids is 2. The summed E-state index contributed by atoms with van der Waals surface area (Å²) in [7, 11) is 0.834. The van der Waals surface area contributed by atoms with Crippen LogP contribution in [0.3, 0.4) is 0 Å². The maximum Gasteiger partial charge on any atom is 0.351 e. The Bertz CT molecular complexity index is 600. The molecule has 0 aromatic rings. The van der Waals surface area contributed by atoms with E-state index in [1.54, 1.807) is 0 Å². The monoisotopic (exact) mass is 376 g/mol. The number of rotatable bonds is 8. The van der Waals surface area contributed by atoms with Crippen LogP contribution in [0.1, 0.15) is 52.9 Å². The van der Waals surface area contributed by atoms with Crippen LogP contribution in [0.4, 0.5) is 13.2 Å². The summed E-state index contributed by atoms with van der Waals surface area (Å²) < 4.78 is 57.1. The van der Waals surface area contributed by atoms with Crippen LogP contribution >= 0.6 is 0 Å². The molecular formula is C19H27F3O4. The SMILES string of the molecule is C=C(C)C(F)(C(=O)OC)C(F)(C(=C)C)C(F)(CC)C(=O)OC1CCCC1. The molecule has 7 heteroatoms. The van der Waals surface area contributed by atoms with Crippen molar-refractivity contribution < 1.29 is 32.2 Å². The molecule has 1 aliphatic carbocycles. The van der Waals surface area contributed by atoms with Crippen LogP contribution in [0, 0.1) is 0 Å². The molecule has 0 N–H and O–H groups in total. The van der Waals surface area contributed by atoms with Gasteiger partial charge >= 0.3 is 11.9 Å². The van der Waals surface area contributed by atoms with Crippen molar-refractivity contribution in [3.05, 3.63) is 24.3 Å². The van der Waals surface area contributed by atoms with Gasteiger partial charge in [-0.05, 0) is 57.1 Å². The predicted molar refractivity (Wildman–Crippen MR) is 91.8 cm³/mol. The molecule has 0 aromatic heterocycles. The van der Waals surface area contributed by atoms with Gasteiger partial charge in [0.1, 0.15) is 6.10 Å². The van der Waals surface area contributed by atoms with Gasteiger partial charge in [-0.25, -0.2) is 22.8 Å². The summed E-state index contributed by atoms with van der Waals surface area (Å²) in [5, 5.41) is 0. The standard InChI is InChI=1S/C19H27F3O4/c1-7-17(20,15(23)26-14-10-8-9-11-14)19(22,13(4)5)18(21,12(2)3)16(24)25-6/h14H,2,4,7-11H2,1,3,5-6H3. The molecular weight excluding hydrogens is 349 g/mol. The lowest BCUT2D eigenvalue weighted by molar-refractivity contribution is -0.192. The minimum absolute atomic E-state index is 0.524. The summed E-state index contributed by atoms with van der Waals surface area (Å²) in [5.41, 5.74) is -12.2. The highest BCUT2D eigenvalue weighted by atomic mass is 19.2. The third kappa shape index (κ3) is 3.16. The molecule has 0 spiro atoms. The van der Waals surface area contributed by atoms with Crippen molar-refractivity contribution in [2.75, 3.05) is 7.11 Å². The van der Waals surface area contributed by atoms with Gasteiger partial charge in [0.15, 0.2) is 0 Å². The zero-order chi connectivity index (χ0) is 20.3. The summed E-state index contributed by atoms with van der Waals surface area (Å²) in [4.78, 5) is 24.7. The molecule has 0 bridgehead atoms. The van der Waals surface area contributed by atoms with E-state index in [9.17, 15) is 9.59 Å². The Morgan fingerprint density at radius 1 is 1.04 bits per heavy atom. The number of esters is 2. The van der Waals surface area contributed by atoms with Crippen LogP contribution in [-0.4, -0.2) is 42.2 Å². The van der Waals surface area contributed by atoms with Gasteiger partial charge in [0, 0.05) is 0 Å². The summed E-state index contributed by atoms with van der Waals surface area (Å²) in [5.74, 6) is -3.25. The van der Waals surface area contributed by atoms with Crippen molar-refractivity contribution in [3.8, 4) is 0 Å². The molecule has 1 fully saturated rings. The molecule has 148 valence electrons. The van der Waals surface area contributed by atoms with Crippen molar-refractivity contribution in [2.24, 2.45) is 0 Å². The molecule has 26 heavy (non-hydrogen) atoms. The van der Waals surface area contributed by atoms with Gasteiger partial charge in [0.05, 0.1) is 7.11 Å². The second-order valence-corrected chi connectivity index (χ2v) is 6.84. The fraction of sp³-hybridized carbons (Fsp3) is 0.684. The van der Waals surface area contributed by atoms with Crippen molar-refractivity contribution >= 4 is 11.9 Å². The van der Waals surface area contributed by atoms with Crippen LogP contribution in [-0.2, 0) is 19.1 Å². The van der Waals surface area contributed by atoms with Crippen LogP contribution in [0.5, 0.6) is 0 Å². The average Bonchev–Trinajstić information content (AvgIpc) is 3.10. The lowest BCUT2D eigenvalue weighted by Crippen LogP contribution is -2.68. The first-order chi connectivity index (χ1) is 11.9. The molecule has 1 saturated carbocycles. The third-order valence-electron chi connectivity index (χ3n) is 5.05. The van der Waals surface area contributed by atoms with E-state index >= 15 is 13.2 Å². The first kappa shape index (κ1) is 22.3. The highest BCUT2D eigenvalue weighted by Crippen LogP contribution is 2.52. The third-order valence-corrected chi connectivity index (χ3v) is 5.05. The normalized spacial score (nSPS) is 21.8. The van der Waals surface area contributed by atoms with Gasteiger partial charge < -0.3 is 9.47 Å². The van der Waals surface area contributed by atoms with Gasteiger partial charge in [0.2, 0.25) is 11.3 Å². The van der Waals surface area contributed by atoms with E-state index in [2.05, 4.69) is 17.9 Å². The van der Waals surface area contributed by atoms with E-state index in [0.717, 1.165) is 33.8 Å². The Balaban J connectivity index is 3.53. The number of halogens is 3. The minimum atomic E-state index is -3.75. The molecule has 0 heterocycles. The van der Waals surface area contributed by atoms with Gasteiger partial charge in [-0.3, -0.25) is 0 Å². The second kappa shape index (κ2) is 7.84. The van der Waals surface area contributed by atoms with Crippen molar-refractivity contribution in [3.63, 3.8) is 0 Å². The highest BCUT2D eigenvalue weighted by Gasteiger charge is 2.74. The average molecular weight is 376 g/mol. The first-order valence-corrected chi connectivity index (χ1v) is 8.61. The summed E-state index contributed by atoms with van der Waals surface area (Å²) >= 11 is 0. The van der Waals surface area contributed by atoms with Crippen LogP contribution < -0.4 is 0 Å². The van der Waals surface area contributed by atoms with E-state index in [1.165, 1.54) is 6.92 Å². The van der Waals surface area contributed by atoms with Gasteiger partial charge in [-0.2, -0.15) is 0 Å². The minimum Gasteiger partial charge on any atom is -0.466 e. The Hall–Kier alpha value is -1.79. The molecule has 0 aromatic carbocycles. The molecule has 0 saturated heterocycles. The zero-order valence-electron chi connectivity index (χ0n) is 15.8. The number of ether oxygens (including phenoxy) is 2. The quantitative estimate of drug-likeness (QED) is 0.467. The topological polar surface area (TPSA) is 52.6 Å². The largest absolute Gasteiger partial charge is 0.466 e. The van der Waals surface area contributed by atoms with E-state index in [4.69, 9.17) is 4.74 Å². The lowest BCUT2D eigenvalue weighted by atomic mass is 9.67. The number of methoxy groups -OCH3 is 1. The fourth-order valence-corrected chi connectivity index (χ4v) is 3.43. The smallest absolute Gasteiger partial charge is 0.351 e. The molecule has 4 nitrogen and oxygen atoms in total.